The summed E-state index contributed by atoms with van der Waals surface area (Å²) in [5.74, 6) is 0.725. The van der Waals surface area contributed by atoms with Crippen molar-refractivity contribution in [2.24, 2.45) is 0 Å². The molecular weight excluding hydrogens is 216 g/mol. The Morgan fingerprint density at radius 3 is 2.76 bits per heavy atom. The maximum absolute atomic E-state index is 11.8. The lowest BCUT2D eigenvalue weighted by molar-refractivity contribution is 0.0826. The van der Waals surface area contributed by atoms with Crippen molar-refractivity contribution in [2.45, 2.75) is 32.3 Å². The molecule has 1 heterocycles. The smallest absolute Gasteiger partial charge is 0.255 e. The second-order valence-corrected chi connectivity index (χ2v) is 4.54. The second kappa shape index (κ2) is 4.73. The van der Waals surface area contributed by atoms with Crippen LogP contribution in [0.25, 0.3) is 0 Å². The van der Waals surface area contributed by atoms with Gasteiger partial charge in [-0.25, -0.2) is 0 Å². The van der Waals surface area contributed by atoms with E-state index in [2.05, 4.69) is 4.98 Å². The molecule has 0 bridgehead atoms. The number of aromatic nitrogens is 1. The Hall–Kier alpha value is -1.58. The lowest BCUT2D eigenvalue weighted by atomic mass is 10.2. The third-order valence-corrected chi connectivity index (χ3v) is 2.74. The molecular formula is C13H18N2O2. The van der Waals surface area contributed by atoms with Crippen LogP contribution in [0.15, 0.2) is 12.3 Å². The van der Waals surface area contributed by atoms with Gasteiger partial charge in [-0.05, 0) is 25.3 Å². The highest BCUT2D eigenvalue weighted by Crippen LogP contribution is 2.29. The number of hydrogen-bond acceptors (Lipinski definition) is 3. The molecule has 1 aliphatic carbocycles. The molecule has 0 radical (unpaired) electrons. The Kier molecular flexibility index (Phi) is 3.31. The fourth-order valence-electron chi connectivity index (χ4n) is 1.58. The molecule has 1 saturated carbocycles. The quantitative estimate of drug-likeness (QED) is 0.799. The molecule has 17 heavy (non-hydrogen) atoms. The van der Waals surface area contributed by atoms with E-state index in [-0.39, 0.29) is 5.91 Å². The van der Waals surface area contributed by atoms with Crippen molar-refractivity contribution in [3.05, 3.63) is 23.5 Å². The van der Waals surface area contributed by atoms with Crippen LogP contribution in [0.4, 0.5) is 0 Å². The summed E-state index contributed by atoms with van der Waals surface area (Å²) < 4.78 is 5.78. The van der Waals surface area contributed by atoms with Crippen molar-refractivity contribution < 1.29 is 9.53 Å². The average molecular weight is 234 g/mol. The average Bonchev–Trinajstić information content (AvgIpc) is 3.11. The monoisotopic (exact) mass is 234 g/mol. The Morgan fingerprint density at radius 2 is 2.24 bits per heavy atom. The third kappa shape index (κ3) is 2.75. The Balaban J connectivity index is 2.26. The van der Waals surface area contributed by atoms with Gasteiger partial charge in [-0.3, -0.25) is 9.78 Å². The number of ether oxygens (including phenoxy) is 1. The standard InChI is InChI=1S/C13H18N2O2/c1-4-11-12(17-10-5-6-10)7-9(8-14-11)13(16)15(2)3/h7-8,10H,4-6H2,1-3H3. The van der Waals surface area contributed by atoms with Crippen molar-refractivity contribution in [1.82, 2.24) is 9.88 Å². The third-order valence-electron chi connectivity index (χ3n) is 2.74. The van der Waals surface area contributed by atoms with Crippen LogP contribution in [0.1, 0.15) is 35.8 Å². The van der Waals surface area contributed by atoms with E-state index >= 15 is 0 Å². The molecule has 92 valence electrons. The minimum atomic E-state index is -0.0409. The minimum absolute atomic E-state index is 0.0409. The van der Waals surface area contributed by atoms with Gasteiger partial charge in [0.1, 0.15) is 5.75 Å². The number of carbonyl (C=O) groups excluding carboxylic acids is 1. The Morgan fingerprint density at radius 1 is 1.53 bits per heavy atom. The summed E-state index contributed by atoms with van der Waals surface area (Å²) in [4.78, 5) is 17.7. The first-order chi connectivity index (χ1) is 8.11. The molecule has 0 aromatic carbocycles. The Labute approximate surface area is 102 Å². The van der Waals surface area contributed by atoms with Crippen LogP contribution in [0.5, 0.6) is 5.75 Å². The first-order valence-electron chi connectivity index (χ1n) is 5.99. The molecule has 1 amide bonds. The van der Waals surface area contributed by atoms with E-state index in [4.69, 9.17) is 4.74 Å². The van der Waals surface area contributed by atoms with E-state index in [9.17, 15) is 4.79 Å². The van der Waals surface area contributed by atoms with Gasteiger partial charge in [-0.1, -0.05) is 6.92 Å². The lowest BCUT2D eigenvalue weighted by Gasteiger charge is -2.13. The molecule has 0 aliphatic heterocycles. The summed E-state index contributed by atoms with van der Waals surface area (Å²) in [6, 6.07) is 1.81. The summed E-state index contributed by atoms with van der Waals surface area (Å²) >= 11 is 0. The molecule has 0 spiro atoms. The van der Waals surface area contributed by atoms with Crippen LogP contribution < -0.4 is 4.74 Å². The molecule has 1 aliphatic rings. The molecule has 1 aromatic rings. The van der Waals surface area contributed by atoms with Gasteiger partial charge >= 0.3 is 0 Å². The van der Waals surface area contributed by atoms with E-state index in [0.29, 0.717) is 11.7 Å². The topological polar surface area (TPSA) is 42.4 Å². The summed E-state index contributed by atoms with van der Waals surface area (Å²) in [5, 5.41) is 0. The number of hydrogen-bond donors (Lipinski definition) is 0. The van der Waals surface area contributed by atoms with Crippen LogP contribution in [0.3, 0.4) is 0 Å². The van der Waals surface area contributed by atoms with Gasteiger partial charge in [-0.2, -0.15) is 0 Å². The summed E-state index contributed by atoms with van der Waals surface area (Å²) in [6.07, 6.45) is 4.98. The van der Waals surface area contributed by atoms with Gasteiger partial charge in [0.05, 0.1) is 17.4 Å². The van der Waals surface area contributed by atoms with Gasteiger partial charge < -0.3 is 9.64 Å². The molecule has 1 aromatic heterocycles. The van der Waals surface area contributed by atoms with E-state index in [1.807, 2.05) is 13.0 Å². The van der Waals surface area contributed by atoms with Gasteiger partial charge in [-0.15, -0.1) is 0 Å². The summed E-state index contributed by atoms with van der Waals surface area (Å²) in [6.45, 7) is 2.04. The van der Waals surface area contributed by atoms with Crippen LogP contribution in [0.2, 0.25) is 0 Å². The second-order valence-electron chi connectivity index (χ2n) is 4.54. The fourth-order valence-corrected chi connectivity index (χ4v) is 1.58. The van der Waals surface area contributed by atoms with Crippen molar-refractivity contribution in [3.8, 4) is 5.75 Å². The molecule has 2 rings (SSSR count). The highest BCUT2D eigenvalue weighted by molar-refractivity contribution is 5.94. The zero-order chi connectivity index (χ0) is 12.4. The fraction of sp³-hybridized carbons (Fsp3) is 0.538. The van der Waals surface area contributed by atoms with Crippen molar-refractivity contribution >= 4 is 5.91 Å². The maximum Gasteiger partial charge on any atom is 0.255 e. The van der Waals surface area contributed by atoms with E-state index in [1.54, 1.807) is 25.2 Å². The zero-order valence-corrected chi connectivity index (χ0v) is 10.6. The van der Waals surface area contributed by atoms with Crippen LogP contribution in [0, 0.1) is 0 Å². The molecule has 0 atom stereocenters. The molecule has 4 nitrogen and oxygen atoms in total. The zero-order valence-electron chi connectivity index (χ0n) is 10.6. The summed E-state index contributed by atoms with van der Waals surface area (Å²) in [7, 11) is 3.47. The first-order valence-corrected chi connectivity index (χ1v) is 5.99. The van der Waals surface area contributed by atoms with Crippen LogP contribution in [-0.2, 0) is 6.42 Å². The SMILES string of the molecule is CCc1ncc(C(=O)N(C)C)cc1OC1CC1. The number of rotatable bonds is 4. The van der Waals surface area contributed by atoms with Crippen molar-refractivity contribution in [3.63, 3.8) is 0 Å². The van der Waals surface area contributed by atoms with Crippen molar-refractivity contribution in [1.29, 1.82) is 0 Å². The number of amides is 1. The maximum atomic E-state index is 11.8. The molecule has 0 N–H and O–H groups in total. The molecule has 0 unspecified atom stereocenters. The van der Waals surface area contributed by atoms with Crippen LogP contribution >= 0.6 is 0 Å². The number of pyridine rings is 1. The number of nitrogens with zero attached hydrogens (tertiary/aromatic N) is 2. The number of carbonyl (C=O) groups is 1. The lowest BCUT2D eigenvalue weighted by Crippen LogP contribution is -2.22. The predicted molar refractivity (Wildman–Crippen MR) is 65.3 cm³/mol. The van der Waals surface area contributed by atoms with E-state index in [0.717, 1.165) is 30.7 Å². The molecule has 0 saturated heterocycles. The minimum Gasteiger partial charge on any atom is -0.488 e. The number of aryl methyl sites for hydroxylation is 1. The highest BCUT2D eigenvalue weighted by atomic mass is 16.5. The van der Waals surface area contributed by atoms with E-state index < -0.39 is 0 Å². The molecule has 1 fully saturated rings. The van der Waals surface area contributed by atoms with Gasteiger partial charge in [0.25, 0.3) is 5.91 Å². The normalized spacial score (nSPS) is 14.5. The predicted octanol–water partition coefficient (Wildman–Crippen LogP) is 1.89. The van der Waals surface area contributed by atoms with Crippen molar-refractivity contribution in [2.75, 3.05) is 14.1 Å². The largest absolute Gasteiger partial charge is 0.488 e. The Bertz CT molecular complexity index is 425. The molecule has 4 heteroatoms. The summed E-state index contributed by atoms with van der Waals surface area (Å²) in [5.41, 5.74) is 1.51. The highest BCUT2D eigenvalue weighted by Gasteiger charge is 2.25. The van der Waals surface area contributed by atoms with Gasteiger partial charge in [0.15, 0.2) is 0 Å². The van der Waals surface area contributed by atoms with Gasteiger partial charge in [0, 0.05) is 20.3 Å². The van der Waals surface area contributed by atoms with Gasteiger partial charge in [0.2, 0.25) is 0 Å². The van der Waals surface area contributed by atoms with Crippen LogP contribution in [-0.4, -0.2) is 36.0 Å². The first kappa shape index (κ1) is 11.9. The van der Waals surface area contributed by atoms with E-state index in [1.165, 1.54) is 0 Å².